The monoisotopic (exact) mass is 424 g/mol. The molecule has 30 heavy (non-hydrogen) atoms. The molecule has 6 nitrogen and oxygen atoms in total. The first-order chi connectivity index (χ1) is 14.0. The Morgan fingerprint density at radius 2 is 1.67 bits per heavy atom. The smallest absolute Gasteiger partial charge is 0.303 e. The highest BCUT2D eigenvalue weighted by atomic mass is 16.4. The second kappa shape index (κ2) is 7.72. The summed E-state index contributed by atoms with van der Waals surface area (Å²) in [5, 5.41) is 53.1. The van der Waals surface area contributed by atoms with Gasteiger partial charge in [0.25, 0.3) is 0 Å². The summed E-state index contributed by atoms with van der Waals surface area (Å²) in [7, 11) is 0. The lowest BCUT2D eigenvalue weighted by Gasteiger charge is -2.64. The lowest BCUT2D eigenvalue weighted by molar-refractivity contribution is -0.243. The quantitative estimate of drug-likeness (QED) is 0.473. The molecule has 12 atom stereocenters. The van der Waals surface area contributed by atoms with Gasteiger partial charge in [0.05, 0.1) is 24.4 Å². The topological polar surface area (TPSA) is 118 Å². The molecule has 4 aliphatic carbocycles. The van der Waals surface area contributed by atoms with Gasteiger partial charge in [-0.3, -0.25) is 4.79 Å². The maximum Gasteiger partial charge on any atom is 0.303 e. The number of aliphatic carboxylic acids is 1. The number of rotatable bonds is 4. The van der Waals surface area contributed by atoms with Crippen LogP contribution in [0.15, 0.2) is 0 Å². The molecule has 0 aromatic rings. The van der Waals surface area contributed by atoms with Gasteiger partial charge in [0.2, 0.25) is 0 Å². The molecule has 0 aromatic carbocycles. The first-order valence-electron chi connectivity index (χ1n) is 12.0. The lowest BCUT2D eigenvalue weighted by Crippen LogP contribution is -2.66. The van der Waals surface area contributed by atoms with E-state index in [-0.39, 0.29) is 52.8 Å². The molecule has 6 heteroatoms. The average molecular weight is 425 g/mol. The Labute approximate surface area is 179 Å². The Bertz CT molecular complexity index is 668. The third kappa shape index (κ3) is 3.16. The van der Waals surface area contributed by atoms with Crippen LogP contribution in [0.3, 0.4) is 0 Å². The summed E-state index contributed by atoms with van der Waals surface area (Å²) in [5.74, 6) is -0.299. The summed E-state index contributed by atoms with van der Waals surface area (Å²) in [4.78, 5) is 11.1. The van der Waals surface area contributed by atoms with E-state index in [2.05, 4.69) is 20.8 Å². The van der Waals surface area contributed by atoms with E-state index in [1.165, 1.54) is 0 Å². The van der Waals surface area contributed by atoms with Crippen LogP contribution in [0.1, 0.15) is 72.1 Å². The van der Waals surface area contributed by atoms with Crippen molar-refractivity contribution in [1.82, 2.24) is 0 Å². The molecule has 4 saturated carbocycles. The van der Waals surface area contributed by atoms with E-state index in [0.717, 1.165) is 19.3 Å². The molecule has 0 amide bonds. The summed E-state index contributed by atoms with van der Waals surface area (Å²) >= 11 is 0. The Hall–Kier alpha value is -0.690. The van der Waals surface area contributed by atoms with E-state index in [0.29, 0.717) is 25.7 Å². The van der Waals surface area contributed by atoms with Crippen molar-refractivity contribution in [2.75, 3.05) is 0 Å². The van der Waals surface area contributed by atoms with Crippen molar-refractivity contribution in [2.45, 2.75) is 96.6 Å². The van der Waals surface area contributed by atoms with Gasteiger partial charge >= 0.3 is 5.97 Å². The Morgan fingerprint density at radius 3 is 2.33 bits per heavy atom. The molecule has 172 valence electrons. The van der Waals surface area contributed by atoms with Crippen molar-refractivity contribution in [2.24, 2.45) is 46.3 Å². The third-order valence-electron chi connectivity index (χ3n) is 10.4. The van der Waals surface area contributed by atoms with Gasteiger partial charge in [-0.2, -0.15) is 0 Å². The molecule has 4 aliphatic rings. The van der Waals surface area contributed by atoms with Crippen molar-refractivity contribution in [3.63, 3.8) is 0 Å². The number of aliphatic hydroxyl groups is 4. The molecule has 0 radical (unpaired) electrons. The second-order valence-electron chi connectivity index (χ2n) is 11.5. The van der Waals surface area contributed by atoms with Gasteiger partial charge in [-0.05, 0) is 91.3 Å². The highest BCUT2D eigenvalue weighted by molar-refractivity contribution is 5.66. The van der Waals surface area contributed by atoms with Crippen LogP contribution in [0.5, 0.6) is 0 Å². The largest absolute Gasteiger partial charge is 0.481 e. The molecular formula is C24H40O6. The van der Waals surface area contributed by atoms with E-state index >= 15 is 0 Å². The van der Waals surface area contributed by atoms with Crippen molar-refractivity contribution in [3.05, 3.63) is 0 Å². The second-order valence-corrected chi connectivity index (χ2v) is 11.5. The number of carboxylic acids is 1. The molecule has 0 saturated heterocycles. The van der Waals surface area contributed by atoms with Gasteiger partial charge in [-0.15, -0.1) is 0 Å². The summed E-state index contributed by atoms with van der Waals surface area (Å²) < 4.78 is 0. The van der Waals surface area contributed by atoms with Crippen molar-refractivity contribution in [1.29, 1.82) is 0 Å². The predicted molar refractivity (Wildman–Crippen MR) is 111 cm³/mol. The highest BCUT2D eigenvalue weighted by Gasteiger charge is 2.67. The Kier molecular flexibility index (Phi) is 5.79. The number of fused-ring (bicyclic) bond motifs is 5. The zero-order valence-electron chi connectivity index (χ0n) is 18.6. The molecular weight excluding hydrogens is 384 g/mol. The summed E-state index contributed by atoms with van der Waals surface area (Å²) in [6, 6.07) is 0. The van der Waals surface area contributed by atoms with Crippen LogP contribution in [0.25, 0.3) is 0 Å². The standard InChI is InChI=1S/C24H40O6/c1-12(4-7-19(27)28)14-5-6-15-20-16(11-18(26)24(14,15)3)23(2)9-8-13(25)10-17(23)21(29)22(20)30/h12-18,20-22,25-26,29-30H,4-11H2,1-3H3,(H,27,28)/t12-,13-,14-,15+,16+,17+,18+,20+,21+,22-,23-,24-/m1/s1. The average Bonchev–Trinajstić information content (AvgIpc) is 3.05. The van der Waals surface area contributed by atoms with E-state index in [4.69, 9.17) is 5.11 Å². The van der Waals surface area contributed by atoms with Gasteiger partial charge in [-0.25, -0.2) is 0 Å². The maximum absolute atomic E-state index is 11.5. The van der Waals surface area contributed by atoms with E-state index in [1.807, 2.05) is 0 Å². The number of hydrogen-bond acceptors (Lipinski definition) is 5. The summed E-state index contributed by atoms with van der Waals surface area (Å²) in [6.07, 6.45) is 2.67. The maximum atomic E-state index is 11.5. The van der Waals surface area contributed by atoms with Gasteiger partial charge < -0.3 is 25.5 Å². The van der Waals surface area contributed by atoms with E-state index in [9.17, 15) is 25.2 Å². The third-order valence-corrected chi connectivity index (χ3v) is 10.4. The Morgan fingerprint density at radius 1 is 0.967 bits per heavy atom. The van der Waals surface area contributed by atoms with Crippen LogP contribution in [-0.2, 0) is 4.79 Å². The fourth-order valence-electron chi connectivity index (χ4n) is 8.72. The van der Waals surface area contributed by atoms with Gasteiger partial charge in [0, 0.05) is 6.42 Å². The molecule has 0 spiro atoms. The summed E-state index contributed by atoms with van der Waals surface area (Å²) in [5.41, 5.74) is -0.547. The van der Waals surface area contributed by atoms with Crippen LogP contribution >= 0.6 is 0 Å². The normalized spacial score (nSPS) is 54.0. The van der Waals surface area contributed by atoms with Crippen LogP contribution in [-0.4, -0.2) is 55.9 Å². The molecule has 0 heterocycles. The van der Waals surface area contributed by atoms with Crippen molar-refractivity contribution in [3.8, 4) is 0 Å². The van der Waals surface area contributed by atoms with Crippen molar-refractivity contribution >= 4 is 5.97 Å². The minimum Gasteiger partial charge on any atom is -0.481 e. The SMILES string of the molecule is C[C@H](CCC(=O)O)[C@H]1CC[C@H]2[C@@H]3[C@@H](O)[C@@H](O)[C@@H]4C[C@H](O)CC[C@]4(C)[C@H]3C[C@H](O)[C@]12C. The fraction of sp³-hybridized carbons (Fsp3) is 0.958. The number of carboxylic acid groups (broad SMARTS) is 1. The number of aliphatic hydroxyl groups excluding tert-OH is 4. The minimum atomic E-state index is -0.839. The van der Waals surface area contributed by atoms with Crippen LogP contribution in [0, 0.1) is 46.3 Å². The first-order valence-corrected chi connectivity index (χ1v) is 12.0. The highest BCUT2D eigenvalue weighted by Crippen LogP contribution is 2.68. The van der Waals surface area contributed by atoms with Crippen LogP contribution in [0.4, 0.5) is 0 Å². The van der Waals surface area contributed by atoms with E-state index in [1.54, 1.807) is 0 Å². The lowest BCUT2D eigenvalue weighted by atomic mass is 9.42. The van der Waals surface area contributed by atoms with E-state index < -0.39 is 30.4 Å². The molecule has 4 rings (SSSR count). The summed E-state index contributed by atoms with van der Waals surface area (Å²) in [6.45, 7) is 6.45. The number of hydrogen-bond donors (Lipinski definition) is 5. The zero-order valence-corrected chi connectivity index (χ0v) is 18.6. The molecule has 0 bridgehead atoms. The number of carbonyl (C=O) groups is 1. The fourth-order valence-corrected chi connectivity index (χ4v) is 8.72. The molecule has 0 unspecified atom stereocenters. The minimum absolute atomic E-state index is 0.0541. The molecule has 4 fully saturated rings. The zero-order chi connectivity index (χ0) is 22.0. The van der Waals surface area contributed by atoms with Crippen LogP contribution < -0.4 is 0 Å². The van der Waals surface area contributed by atoms with Gasteiger partial charge in [-0.1, -0.05) is 20.8 Å². The Balaban J connectivity index is 1.64. The van der Waals surface area contributed by atoms with Crippen LogP contribution in [0.2, 0.25) is 0 Å². The predicted octanol–water partition coefficient (Wildman–Crippen LogP) is 2.42. The molecule has 0 aliphatic heterocycles. The van der Waals surface area contributed by atoms with Gasteiger partial charge in [0.1, 0.15) is 0 Å². The molecule has 0 aromatic heterocycles. The van der Waals surface area contributed by atoms with Crippen molar-refractivity contribution < 1.29 is 30.3 Å². The van der Waals surface area contributed by atoms with Gasteiger partial charge in [0.15, 0.2) is 0 Å². The molecule has 5 N–H and O–H groups in total. The first kappa shape index (κ1) is 22.5.